The monoisotopic (exact) mass is 704 g/mol. The highest BCUT2D eigenvalue weighted by molar-refractivity contribution is 8.06. The van der Waals surface area contributed by atoms with Crippen molar-refractivity contribution in [2.75, 3.05) is 6.54 Å². The third kappa shape index (κ3) is 10.1. The summed E-state index contributed by atoms with van der Waals surface area (Å²) in [5.41, 5.74) is 7.26. The predicted octanol–water partition coefficient (Wildman–Crippen LogP) is 2.71. The molecule has 0 saturated heterocycles. The molecule has 0 saturated carbocycles. The number of ether oxygens (including phenoxy) is 1. The van der Waals surface area contributed by atoms with Crippen molar-refractivity contribution >= 4 is 58.6 Å². The Morgan fingerprint density at radius 3 is 2.38 bits per heavy atom. The number of carboxylic acids is 1. The Kier molecular flexibility index (Phi) is 12.2. The first-order chi connectivity index (χ1) is 23.7. The Hall–Kier alpha value is -5.41. The number of thioether (sulfide) groups is 1. The van der Waals surface area contributed by atoms with Crippen molar-refractivity contribution in [3.8, 4) is 0 Å². The highest BCUT2D eigenvalue weighted by atomic mass is 32.2. The van der Waals surface area contributed by atoms with Crippen LogP contribution in [0.3, 0.4) is 0 Å². The van der Waals surface area contributed by atoms with Gasteiger partial charge >= 0.3 is 12.1 Å². The van der Waals surface area contributed by atoms with Gasteiger partial charge in [0.1, 0.15) is 17.7 Å². The van der Waals surface area contributed by atoms with Crippen LogP contribution in [-0.2, 0) is 41.6 Å². The van der Waals surface area contributed by atoms with Crippen molar-refractivity contribution in [3.63, 3.8) is 0 Å². The second kappa shape index (κ2) is 16.3. The molecule has 0 bridgehead atoms. The molecule has 15 heteroatoms. The quantitative estimate of drug-likeness (QED) is 0.1000. The van der Waals surface area contributed by atoms with Gasteiger partial charge in [0.05, 0.1) is 17.9 Å². The standard InChI is InChI=1S/C35H40N6O8S/c1-34(2,3)49-33(48)39-26(17-23-19-37-25-13-8-7-12-24(23)25)30(45)28-20-41(14-9-15-50-28)40-35(21-42,18-29(43)44)32(47)38-27(31(36)46)16-22-10-5-4-6-11-22/h4-13,15,19-21,26-27,37,40H,14,16-18H2,1-3H3,(H2,36,46)(H,38,47)(H,39,48)(H,43,44)/t26-,27-,35+/m0/s1. The number of carbonyl (C=O) groups is 6. The molecule has 4 rings (SSSR count). The minimum atomic E-state index is -2.41. The number of aromatic amines is 1. The van der Waals surface area contributed by atoms with E-state index in [1.54, 1.807) is 68.8 Å². The Bertz CT molecular complexity index is 1800. The van der Waals surface area contributed by atoms with E-state index in [4.69, 9.17) is 10.5 Å². The number of hydrogen-bond donors (Lipinski definition) is 6. The number of aromatic nitrogens is 1. The number of H-pyrrole nitrogens is 1. The van der Waals surface area contributed by atoms with Crippen molar-refractivity contribution in [2.24, 2.45) is 5.73 Å². The largest absolute Gasteiger partial charge is 0.481 e. The second-order valence-corrected chi connectivity index (χ2v) is 13.6. The number of carboxylic acid groups (broad SMARTS) is 1. The number of Topliss-reactive ketones (excluding diaryl/α,β-unsaturated/α-hetero) is 1. The highest BCUT2D eigenvalue weighted by Crippen LogP contribution is 2.26. The van der Waals surface area contributed by atoms with Crippen molar-refractivity contribution in [3.05, 3.63) is 94.5 Å². The molecule has 264 valence electrons. The van der Waals surface area contributed by atoms with Gasteiger partial charge in [-0.15, -0.1) is 0 Å². The first kappa shape index (κ1) is 37.4. The maximum absolute atomic E-state index is 14.1. The van der Waals surface area contributed by atoms with Crippen LogP contribution in [0, 0.1) is 0 Å². The first-order valence-corrected chi connectivity index (χ1v) is 16.6. The Morgan fingerprint density at radius 2 is 1.72 bits per heavy atom. The van der Waals surface area contributed by atoms with Crippen LogP contribution in [0.25, 0.3) is 10.9 Å². The summed E-state index contributed by atoms with van der Waals surface area (Å²) < 4.78 is 5.44. The zero-order valence-corrected chi connectivity index (χ0v) is 28.6. The number of nitrogens with zero attached hydrogens (tertiary/aromatic N) is 1. The maximum Gasteiger partial charge on any atom is 0.408 e. The fraction of sp³-hybridized carbons (Fsp3) is 0.314. The number of benzene rings is 2. The third-order valence-electron chi connectivity index (χ3n) is 7.53. The van der Waals surface area contributed by atoms with Crippen LogP contribution in [-0.4, -0.2) is 80.8 Å². The lowest BCUT2D eigenvalue weighted by atomic mass is 9.95. The van der Waals surface area contributed by atoms with Crippen molar-refractivity contribution in [1.29, 1.82) is 0 Å². The molecule has 50 heavy (non-hydrogen) atoms. The fourth-order valence-electron chi connectivity index (χ4n) is 5.20. The van der Waals surface area contributed by atoms with Gasteiger partial charge in [-0.05, 0) is 43.4 Å². The lowest BCUT2D eigenvalue weighted by molar-refractivity contribution is -0.147. The van der Waals surface area contributed by atoms with E-state index in [1.165, 1.54) is 11.2 Å². The summed E-state index contributed by atoms with van der Waals surface area (Å²) in [4.78, 5) is 80.9. The normalized spacial score (nSPS) is 15.5. The summed E-state index contributed by atoms with van der Waals surface area (Å²) in [5.74, 6) is -4.00. The Morgan fingerprint density at radius 1 is 1.02 bits per heavy atom. The number of hydrogen-bond acceptors (Lipinski definition) is 10. The molecular weight excluding hydrogens is 664 g/mol. The van der Waals surface area contributed by atoms with E-state index in [1.807, 2.05) is 24.3 Å². The fourth-order valence-corrected chi connectivity index (χ4v) is 5.98. The molecule has 1 aromatic heterocycles. The van der Waals surface area contributed by atoms with Gasteiger partial charge in [-0.25, -0.2) is 10.2 Å². The Labute approximate surface area is 292 Å². The maximum atomic E-state index is 14.1. The van der Waals surface area contributed by atoms with E-state index in [0.29, 0.717) is 5.56 Å². The second-order valence-electron chi connectivity index (χ2n) is 12.7. The molecule has 0 aliphatic carbocycles. The molecular formula is C35H40N6O8S. The predicted molar refractivity (Wildman–Crippen MR) is 187 cm³/mol. The van der Waals surface area contributed by atoms with Crippen molar-refractivity contribution < 1.29 is 38.6 Å². The lowest BCUT2D eigenvalue weighted by Gasteiger charge is -2.33. The minimum Gasteiger partial charge on any atom is -0.481 e. The number of fused-ring (bicyclic) bond motifs is 1. The molecule has 7 N–H and O–H groups in total. The number of rotatable bonds is 15. The number of primary amides is 1. The zero-order valence-electron chi connectivity index (χ0n) is 27.8. The van der Waals surface area contributed by atoms with Gasteiger partial charge in [0.25, 0.3) is 5.91 Å². The van der Waals surface area contributed by atoms with Crippen molar-refractivity contribution in [1.82, 2.24) is 26.1 Å². The molecule has 1 aliphatic rings. The van der Waals surface area contributed by atoms with Gasteiger partial charge in [-0.3, -0.25) is 19.2 Å². The molecule has 0 unspecified atom stereocenters. The number of ketones is 1. The van der Waals surface area contributed by atoms with Gasteiger partial charge in [0.2, 0.25) is 5.91 Å². The van der Waals surface area contributed by atoms with Gasteiger partial charge in [-0.2, -0.15) is 0 Å². The summed E-state index contributed by atoms with van der Waals surface area (Å²) in [6.07, 6.45) is 3.11. The van der Waals surface area contributed by atoms with Crippen LogP contribution in [0.1, 0.15) is 38.3 Å². The smallest absolute Gasteiger partial charge is 0.408 e. The topological polar surface area (TPSA) is 213 Å². The molecule has 2 aromatic carbocycles. The van der Waals surface area contributed by atoms with Crippen LogP contribution < -0.4 is 21.8 Å². The molecule has 0 radical (unpaired) electrons. The average Bonchev–Trinajstić information content (AvgIpc) is 3.31. The Balaban J connectivity index is 1.63. The van der Waals surface area contributed by atoms with E-state index in [0.717, 1.165) is 28.2 Å². The van der Waals surface area contributed by atoms with Gasteiger partial charge in [0.15, 0.2) is 17.6 Å². The molecule has 3 atom stereocenters. The van der Waals surface area contributed by atoms with E-state index >= 15 is 0 Å². The number of aliphatic carboxylic acids is 1. The van der Waals surface area contributed by atoms with Crippen LogP contribution in [0.5, 0.6) is 0 Å². The molecule has 3 aromatic rings. The van der Waals surface area contributed by atoms with E-state index in [2.05, 4.69) is 21.0 Å². The van der Waals surface area contributed by atoms with Crippen LogP contribution in [0.15, 0.2) is 83.4 Å². The van der Waals surface area contributed by atoms with Crippen LogP contribution >= 0.6 is 11.8 Å². The third-order valence-corrected chi connectivity index (χ3v) is 8.42. The van der Waals surface area contributed by atoms with E-state index < -0.39 is 59.3 Å². The molecule has 3 amide bonds. The molecule has 2 heterocycles. The average molecular weight is 705 g/mol. The van der Waals surface area contributed by atoms with E-state index in [-0.39, 0.29) is 30.6 Å². The molecule has 0 spiro atoms. The minimum absolute atomic E-state index is 0.00212. The van der Waals surface area contributed by atoms with Gasteiger partial charge in [-0.1, -0.05) is 66.4 Å². The number of para-hydroxylation sites is 1. The number of hydrazine groups is 1. The number of nitrogens with one attached hydrogen (secondary N) is 4. The van der Waals surface area contributed by atoms with Crippen LogP contribution in [0.2, 0.25) is 0 Å². The SMILES string of the molecule is CC(C)(C)OC(=O)N[C@@H](Cc1c[nH]c2ccccc12)C(=O)C1=CN(N[C@@](C=O)(CC(=O)O)C(=O)N[C@@H](Cc2ccccc2)C(N)=O)CC=CS1. The summed E-state index contributed by atoms with van der Waals surface area (Å²) >= 11 is 1.04. The zero-order chi connectivity index (χ0) is 36.5. The molecule has 1 aliphatic heterocycles. The highest BCUT2D eigenvalue weighted by Gasteiger charge is 2.44. The number of aldehydes is 1. The number of carbonyl (C=O) groups excluding carboxylic acids is 5. The number of nitrogens with two attached hydrogens (primary N) is 1. The number of amides is 3. The van der Waals surface area contributed by atoms with Crippen LogP contribution in [0.4, 0.5) is 4.79 Å². The van der Waals surface area contributed by atoms with Gasteiger partial charge < -0.3 is 41.0 Å². The summed E-state index contributed by atoms with van der Waals surface area (Å²) in [7, 11) is 0. The van der Waals surface area contributed by atoms with E-state index in [9.17, 15) is 33.9 Å². The first-order valence-electron chi connectivity index (χ1n) is 15.7. The summed E-state index contributed by atoms with van der Waals surface area (Å²) in [6.45, 7) is 5.09. The van der Waals surface area contributed by atoms with Gasteiger partial charge in [0, 0.05) is 36.1 Å². The summed E-state index contributed by atoms with van der Waals surface area (Å²) in [6, 6.07) is 13.8. The number of alkyl carbamates (subject to hydrolysis) is 1. The van der Waals surface area contributed by atoms with Crippen molar-refractivity contribution in [2.45, 2.75) is 63.3 Å². The summed E-state index contributed by atoms with van der Waals surface area (Å²) in [5, 5.41) is 18.5. The lowest BCUT2D eigenvalue weighted by Crippen LogP contribution is -2.65. The molecule has 0 fully saturated rings. The molecule has 14 nitrogen and oxygen atoms in total.